The lowest BCUT2D eigenvalue weighted by atomic mass is 10.1. The van der Waals surface area contributed by atoms with Gasteiger partial charge in [-0.3, -0.25) is 0 Å². The summed E-state index contributed by atoms with van der Waals surface area (Å²) in [6.07, 6.45) is -0.435. The molecule has 1 aromatic rings. The SMILES string of the molecule is CC(C)COC(=O)C1Cc2cc(S(N)(=O)=O)ccc2O1. The zero-order valence-electron chi connectivity index (χ0n) is 11.3. The molecule has 2 rings (SSSR count). The van der Waals surface area contributed by atoms with Crippen molar-refractivity contribution in [3.05, 3.63) is 23.8 Å². The summed E-state index contributed by atoms with van der Waals surface area (Å²) in [4.78, 5) is 11.8. The second-order valence-electron chi connectivity index (χ2n) is 5.15. The Labute approximate surface area is 117 Å². The second kappa shape index (κ2) is 5.41. The molecule has 1 aliphatic rings. The van der Waals surface area contributed by atoms with Crippen LogP contribution in [0.4, 0.5) is 0 Å². The standard InChI is InChI=1S/C13H17NO5S/c1-8(2)7-18-13(15)12-6-9-5-10(20(14,16)17)3-4-11(9)19-12/h3-5,8,12H,6-7H2,1-2H3,(H2,14,16,17). The van der Waals surface area contributed by atoms with E-state index in [1.165, 1.54) is 18.2 Å². The van der Waals surface area contributed by atoms with E-state index in [4.69, 9.17) is 14.6 Å². The van der Waals surface area contributed by atoms with Crippen molar-refractivity contribution in [3.63, 3.8) is 0 Å². The van der Waals surface area contributed by atoms with Crippen LogP contribution >= 0.6 is 0 Å². The number of primary sulfonamides is 1. The van der Waals surface area contributed by atoms with Crippen LogP contribution < -0.4 is 9.88 Å². The summed E-state index contributed by atoms with van der Waals surface area (Å²) < 4.78 is 33.1. The van der Waals surface area contributed by atoms with E-state index >= 15 is 0 Å². The van der Waals surface area contributed by atoms with Crippen molar-refractivity contribution in [1.29, 1.82) is 0 Å². The molecule has 0 radical (unpaired) electrons. The van der Waals surface area contributed by atoms with Gasteiger partial charge in [-0.05, 0) is 29.7 Å². The molecule has 1 heterocycles. The highest BCUT2D eigenvalue weighted by Crippen LogP contribution is 2.31. The molecule has 2 N–H and O–H groups in total. The maximum atomic E-state index is 11.8. The van der Waals surface area contributed by atoms with Gasteiger partial charge in [0.1, 0.15) is 5.75 Å². The van der Waals surface area contributed by atoms with Gasteiger partial charge >= 0.3 is 5.97 Å². The van der Waals surface area contributed by atoms with Crippen LogP contribution in [-0.4, -0.2) is 27.1 Å². The van der Waals surface area contributed by atoms with Crippen molar-refractivity contribution in [3.8, 4) is 5.75 Å². The third kappa shape index (κ3) is 3.29. The van der Waals surface area contributed by atoms with Crippen LogP contribution in [0.5, 0.6) is 5.75 Å². The molecule has 1 aliphatic heterocycles. The summed E-state index contributed by atoms with van der Waals surface area (Å²) in [6.45, 7) is 4.21. The number of esters is 1. The summed E-state index contributed by atoms with van der Waals surface area (Å²) in [5, 5.41) is 5.07. The fraction of sp³-hybridized carbons (Fsp3) is 0.462. The number of carbonyl (C=O) groups excluding carboxylic acids is 1. The number of rotatable bonds is 4. The van der Waals surface area contributed by atoms with Crippen molar-refractivity contribution >= 4 is 16.0 Å². The van der Waals surface area contributed by atoms with Gasteiger partial charge in [-0.1, -0.05) is 13.8 Å². The first-order valence-corrected chi connectivity index (χ1v) is 7.81. The molecule has 0 fully saturated rings. The highest BCUT2D eigenvalue weighted by atomic mass is 32.2. The highest BCUT2D eigenvalue weighted by Gasteiger charge is 2.31. The number of hydrogen-bond donors (Lipinski definition) is 1. The third-order valence-electron chi connectivity index (χ3n) is 2.86. The number of benzene rings is 1. The van der Waals surface area contributed by atoms with Crippen molar-refractivity contribution in [1.82, 2.24) is 0 Å². The van der Waals surface area contributed by atoms with Crippen LogP contribution in [-0.2, 0) is 26.0 Å². The lowest BCUT2D eigenvalue weighted by molar-refractivity contribution is -0.152. The molecule has 0 aromatic heterocycles. The summed E-state index contributed by atoms with van der Waals surface area (Å²) in [5.74, 6) is 0.299. The Kier molecular flexibility index (Phi) is 4.01. The zero-order chi connectivity index (χ0) is 14.9. The molecule has 6 nitrogen and oxygen atoms in total. The molecule has 0 saturated heterocycles. The molecular weight excluding hydrogens is 282 g/mol. The van der Waals surface area contributed by atoms with Crippen molar-refractivity contribution in [2.75, 3.05) is 6.61 Å². The average Bonchev–Trinajstić information content (AvgIpc) is 2.77. The lowest BCUT2D eigenvalue weighted by Gasteiger charge is -2.11. The Bertz CT molecular complexity index is 624. The molecule has 1 atom stereocenters. The highest BCUT2D eigenvalue weighted by molar-refractivity contribution is 7.89. The van der Waals surface area contributed by atoms with Crippen LogP contribution in [0, 0.1) is 5.92 Å². The van der Waals surface area contributed by atoms with Crippen LogP contribution in [0.2, 0.25) is 0 Å². The van der Waals surface area contributed by atoms with E-state index in [0.29, 0.717) is 17.9 Å². The van der Waals surface area contributed by atoms with E-state index in [0.717, 1.165) is 0 Å². The first-order valence-electron chi connectivity index (χ1n) is 6.26. The van der Waals surface area contributed by atoms with E-state index in [1.54, 1.807) is 0 Å². The molecule has 110 valence electrons. The molecule has 1 aromatic carbocycles. The van der Waals surface area contributed by atoms with Gasteiger partial charge in [0, 0.05) is 6.42 Å². The van der Waals surface area contributed by atoms with Gasteiger partial charge in [0.05, 0.1) is 11.5 Å². The fourth-order valence-electron chi connectivity index (χ4n) is 1.88. The minimum atomic E-state index is -3.76. The maximum absolute atomic E-state index is 11.8. The van der Waals surface area contributed by atoms with Gasteiger partial charge in [0.2, 0.25) is 10.0 Å². The smallest absolute Gasteiger partial charge is 0.347 e. The van der Waals surface area contributed by atoms with Crippen LogP contribution in [0.1, 0.15) is 19.4 Å². The molecule has 0 saturated carbocycles. The van der Waals surface area contributed by atoms with Gasteiger partial charge < -0.3 is 9.47 Å². The zero-order valence-corrected chi connectivity index (χ0v) is 12.1. The summed E-state index contributed by atoms with van der Waals surface area (Å²) in [5.41, 5.74) is 0.642. The van der Waals surface area contributed by atoms with E-state index in [-0.39, 0.29) is 17.2 Å². The Balaban J connectivity index is 2.10. The quantitative estimate of drug-likeness (QED) is 0.831. The van der Waals surface area contributed by atoms with Crippen molar-refractivity contribution in [2.24, 2.45) is 11.1 Å². The predicted octanol–water partition coefficient (Wildman–Crippen LogP) is 0.837. The summed E-state index contributed by atoms with van der Waals surface area (Å²) >= 11 is 0. The molecule has 0 amide bonds. The van der Waals surface area contributed by atoms with E-state index in [1.807, 2.05) is 13.8 Å². The van der Waals surface area contributed by atoms with Crippen LogP contribution in [0.15, 0.2) is 23.1 Å². The Hall–Kier alpha value is -1.60. The first-order chi connectivity index (χ1) is 9.27. The molecule has 0 bridgehead atoms. The van der Waals surface area contributed by atoms with Gasteiger partial charge in [-0.25, -0.2) is 18.4 Å². The normalized spacial score (nSPS) is 17.7. The Morgan fingerprint density at radius 1 is 1.50 bits per heavy atom. The van der Waals surface area contributed by atoms with Gasteiger partial charge in [-0.2, -0.15) is 0 Å². The number of carbonyl (C=O) groups is 1. The Morgan fingerprint density at radius 2 is 2.20 bits per heavy atom. The molecular formula is C13H17NO5S. The lowest BCUT2D eigenvalue weighted by Crippen LogP contribution is -2.28. The third-order valence-corrected chi connectivity index (χ3v) is 3.77. The minimum absolute atomic E-state index is 0.0102. The Morgan fingerprint density at radius 3 is 2.80 bits per heavy atom. The predicted molar refractivity (Wildman–Crippen MR) is 71.7 cm³/mol. The molecule has 20 heavy (non-hydrogen) atoms. The number of hydrogen-bond acceptors (Lipinski definition) is 5. The van der Waals surface area contributed by atoms with Crippen molar-refractivity contribution < 1.29 is 22.7 Å². The number of fused-ring (bicyclic) bond motifs is 1. The van der Waals surface area contributed by atoms with E-state index in [9.17, 15) is 13.2 Å². The topological polar surface area (TPSA) is 95.7 Å². The van der Waals surface area contributed by atoms with Crippen LogP contribution in [0.25, 0.3) is 0 Å². The molecule has 0 spiro atoms. The summed E-state index contributed by atoms with van der Waals surface area (Å²) in [6, 6.07) is 4.29. The van der Waals surface area contributed by atoms with Gasteiger partial charge in [-0.15, -0.1) is 0 Å². The second-order valence-corrected chi connectivity index (χ2v) is 6.71. The van der Waals surface area contributed by atoms with E-state index < -0.39 is 22.1 Å². The molecule has 7 heteroatoms. The first kappa shape index (κ1) is 14.8. The van der Waals surface area contributed by atoms with Gasteiger partial charge in [0.25, 0.3) is 0 Å². The molecule has 0 aliphatic carbocycles. The monoisotopic (exact) mass is 299 g/mol. The summed E-state index contributed by atoms with van der Waals surface area (Å²) in [7, 11) is -3.76. The minimum Gasteiger partial charge on any atom is -0.478 e. The fourth-order valence-corrected chi connectivity index (χ4v) is 2.44. The van der Waals surface area contributed by atoms with Crippen molar-refractivity contribution in [2.45, 2.75) is 31.3 Å². The largest absolute Gasteiger partial charge is 0.478 e. The number of ether oxygens (including phenoxy) is 2. The van der Waals surface area contributed by atoms with E-state index in [2.05, 4.69) is 0 Å². The maximum Gasteiger partial charge on any atom is 0.347 e. The van der Waals surface area contributed by atoms with Gasteiger partial charge in [0.15, 0.2) is 6.10 Å². The van der Waals surface area contributed by atoms with Crippen LogP contribution in [0.3, 0.4) is 0 Å². The molecule has 1 unspecified atom stereocenters. The number of nitrogens with two attached hydrogens (primary N) is 1. The number of sulfonamides is 1. The average molecular weight is 299 g/mol.